The standard InChI is InChI=1S/C12H17NO2S/c1-8-4-5-11(10(13)6-8)16-9(2)7-12(14)15-3/h4-6,9H,7,13H2,1-3H3. The predicted molar refractivity (Wildman–Crippen MR) is 67.5 cm³/mol. The highest BCUT2D eigenvalue weighted by molar-refractivity contribution is 8.00. The van der Waals surface area contributed by atoms with E-state index in [9.17, 15) is 4.79 Å². The SMILES string of the molecule is COC(=O)CC(C)Sc1ccc(C)cc1N. The summed E-state index contributed by atoms with van der Waals surface area (Å²) in [6.07, 6.45) is 0.397. The van der Waals surface area contributed by atoms with E-state index < -0.39 is 0 Å². The molecule has 0 amide bonds. The Hall–Kier alpha value is -1.16. The molecule has 0 aliphatic heterocycles. The maximum Gasteiger partial charge on any atom is 0.306 e. The molecule has 1 aromatic rings. The predicted octanol–water partition coefficient (Wildman–Crippen LogP) is 2.62. The average Bonchev–Trinajstić information content (AvgIpc) is 2.22. The summed E-state index contributed by atoms with van der Waals surface area (Å²) in [4.78, 5) is 12.1. The van der Waals surface area contributed by atoms with Gasteiger partial charge in [0, 0.05) is 15.8 Å². The fourth-order valence-corrected chi connectivity index (χ4v) is 2.35. The van der Waals surface area contributed by atoms with E-state index in [1.807, 2.05) is 32.0 Å². The first-order valence-corrected chi connectivity index (χ1v) is 6.00. The minimum absolute atomic E-state index is 0.164. The molecular weight excluding hydrogens is 222 g/mol. The molecule has 0 aliphatic carbocycles. The number of aryl methyl sites for hydroxylation is 1. The molecule has 1 unspecified atom stereocenters. The van der Waals surface area contributed by atoms with Gasteiger partial charge in [0.05, 0.1) is 13.5 Å². The Morgan fingerprint density at radius 3 is 2.81 bits per heavy atom. The maximum atomic E-state index is 11.1. The Bertz CT molecular complexity index is 379. The van der Waals surface area contributed by atoms with Crippen molar-refractivity contribution in [1.82, 2.24) is 0 Å². The Morgan fingerprint density at radius 1 is 1.56 bits per heavy atom. The molecule has 0 spiro atoms. The second kappa shape index (κ2) is 5.80. The highest BCUT2D eigenvalue weighted by atomic mass is 32.2. The number of thioether (sulfide) groups is 1. The summed E-state index contributed by atoms with van der Waals surface area (Å²) in [7, 11) is 1.40. The van der Waals surface area contributed by atoms with Gasteiger partial charge in [-0.3, -0.25) is 4.79 Å². The third-order valence-electron chi connectivity index (χ3n) is 2.18. The van der Waals surface area contributed by atoms with E-state index in [0.717, 1.165) is 16.1 Å². The zero-order chi connectivity index (χ0) is 12.1. The number of carbonyl (C=O) groups is 1. The van der Waals surface area contributed by atoms with E-state index >= 15 is 0 Å². The van der Waals surface area contributed by atoms with Crippen LogP contribution in [0.2, 0.25) is 0 Å². The normalized spacial score (nSPS) is 12.2. The van der Waals surface area contributed by atoms with Crippen LogP contribution in [0.3, 0.4) is 0 Å². The van der Waals surface area contributed by atoms with Crippen molar-refractivity contribution in [2.24, 2.45) is 0 Å². The molecular formula is C12H17NO2S. The molecule has 0 heterocycles. The Kier molecular flexibility index (Phi) is 4.68. The van der Waals surface area contributed by atoms with E-state index in [1.165, 1.54) is 7.11 Å². The van der Waals surface area contributed by atoms with Crippen LogP contribution in [0.1, 0.15) is 18.9 Å². The highest BCUT2D eigenvalue weighted by Gasteiger charge is 2.12. The van der Waals surface area contributed by atoms with Crippen LogP contribution >= 0.6 is 11.8 Å². The van der Waals surface area contributed by atoms with E-state index in [1.54, 1.807) is 11.8 Å². The van der Waals surface area contributed by atoms with E-state index in [-0.39, 0.29) is 11.2 Å². The molecule has 2 N–H and O–H groups in total. The Morgan fingerprint density at radius 2 is 2.25 bits per heavy atom. The number of ether oxygens (including phenoxy) is 1. The molecule has 4 heteroatoms. The first-order chi connectivity index (χ1) is 7.52. The molecule has 3 nitrogen and oxygen atoms in total. The lowest BCUT2D eigenvalue weighted by Crippen LogP contribution is -2.08. The van der Waals surface area contributed by atoms with Gasteiger partial charge in [0.2, 0.25) is 0 Å². The molecule has 0 saturated carbocycles. The number of anilines is 1. The van der Waals surface area contributed by atoms with Gasteiger partial charge in [0.15, 0.2) is 0 Å². The minimum Gasteiger partial charge on any atom is -0.469 e. The lowest BCUT2D eigenvalue weighted by Gasteiger charge is -2.11. The van der Waals surface area contributed by atoms with Gasteiger partial charge in [-0.05, 0) is 24.6 Å². The third-order valence-corrected chi connectivity index (χ3v) is 3.37. The van der Waals surface area contributed by atoms with E-state index in [4.69, 9.17) is 5.73 Å². The van der Waals surface area contributed by atoms with Crippen molar-refractivity contribution < 1.29 is 9.53 Å². The smallest absolute Gasteiger partial charge is 0.306 e. The first kappa shape index (κ1) is 12.9. The van der Waals surface area contributed by atoms with Gasteiger partial charge in [-0.1, -0.05) is 13.0 Å². The molecule has 88 valence electrons. The molecule has 1 atom stereocenters. The van der Waals surface area contributed by atoms with Crippen LogP contribution < -0.4 is 5.73 Å². The molecule has 16 heavy (non-hydrogen) atoms. The summed E-state index contributed by atoms with van der Waals surface area (Å²) in [6, 6.07) is 5.94. The van der Waals surface area contributed by atoms with Crippen molar-refractivity contribution in [3.63, 3.8) is 0 Å². The van der Waals surface area contributed by atoms with Crippen LogP contribution in [0.4, 0.5) is 5.69 Å². The summed E-state index contributed by atoms with van der Waals surface area (Å²) >= 11 is 1.60. The Balaban J connectivity index is 2.62. The molecule has 0 bridgehead atoms. The summed E-state index contributed by atoms with van der Waals surface area (Å²) in [5.74, 6) is -0.189. The lowest BCUT2D eigenvalue weighted by atomic mass is 10.2. The average molecular weight is 239 g/mol. The zero-order valence-electron chi connectivity index (χ0n) is 9.82. The van der Waals surface area contributed by atoms with Gasteiger partial charge in [-0.25, -0.2) is 0 Å². The topological polar surface area (TPSA) is 52.3 Å². The minimum atomic E-state index is -0.189. The van der Waals surface area contributed by atoms with E-state index in [2.05, 4.69) is 4.74 Å². The number of benzene rings is 1. The summed E-state index contributed by atoms with van der Waals surface area (Å²) in [6.45, 7) is 3.99. The van der Waals surface area contributed by atoms with Crippen molar-refractivity contribution in [3.05, 3.63) is 23.8 Å². The van der Waals surface area contributed by atoms with Crippen molar-refractivity contribution in [1.29, 1.82) is 0 Å². The molecule has 0 aliphatic rings. The summed E-state index contributed by atoms with van der Waals surface area (Å²) in [5.41, 5.74) is 7.80. The van der Waals surface area contributed by atoms with E-state index in [0.29, 0.717) is 6.42 Å². The maximum absolute atomic E-state index is 11.1. The first-order valence-electron chi connectivity index (χ1n) is 5.12. The number of carbonyl (C=O) groups excluding carboxylic acids is 1. The number of esters is 1. The molecule has 0 radical (unpaired) electrons. The Labute approximate surface area is 100 Å². The number of nitrogen functional groups attached to an aromatic ring is 1. The van der Waals surface area contributed by atoms with Gasteiger partial charge >= 0.3 is 5.97 Å². The summed E-state index contributed by atoms with van der Waals surface area (Å²) < 4.78 is 4.62. The number of rotatable bonds is 4. The monoisotopic (exact) mass is 239 g/mol. The van der Waals surface area contributed by atoms with Crippen LogP contribution in [-0.2, 0) is 9.53 Å². The number of hydrogen-bond donors (Lipinski definition) is 1. The second-order valence-electron chi connectivity index (χ2n) is 3.75. The largest absolute Gasteiger partial charge is 0.469 e. The molecule has 0 aromatic heterocycles. The van der Waals surface area contributed by atoms with Crippen LogP contribution in [0.15, 0.2) is 23.1 Å². The molecule has 0 fully saturated rings. The van der Waals surface area contributed by atoms with Gasteiger partial charge < -0.3 is 10.5 Å². The highest BCUT2D eigenvalue weighted by Crippen LogP contribution is 2.30. The van der Waals surface area contributed by atoms with Gasteiger partial charge in [0.1, 0.15) is 0 Å². The van der Waals surface area contributed by atoms with Crippen LogP contribution in [0.25, 0.3) is 0 Å². The van der Waals surface area contributed by atoms with Gasteiger partial charge in [-0.2, -0.15) is 0 Å². The number of nitrogens with two attached hydrogens (primary N) is 1. The molecule has 0 saturated heterocycles. The molecule has 1 aromatic carbocycles. The zero-order valence-corrected chi connectivity index (χ0v) is 10.6. The van der Waals surface area contributed by atoms with Crippen LogP contribution in [0, 0.1) is 6.92 Å². The number of hydrogen-bond acceptors (Lipinski definition) is 4. The lowest BCUT2D eigenvalue weighted by molar-refractivity contribution is -0.140. The van der Waals surface area contributed by atoms with Crippen molar-refractivity contribution in [2.75, 3.05) is 12.8 Å². The van der Waals surface area contributed by atoms with Crippen molar-refractivity contribution >= 4 is 23.4 Å². The quantitative estimate of drug-likeness (QED) is 0.498. The van der Waals surface area contributed by atoms with Crippen LogP contribution in [-0.4, -0.2) is 18.3 Å². The van der Waals surface area contributed by atoms with Crippen LogP contribution in [0.5, 0.6) is 0 Å². The number of methoxy groups -OCH3 is 1. The fraction of sp³-hybridized carbons (Fsp3) is 0.417. The fourth-order valence-electron chi connectivity index (χ4n) is 1.35. The summed E-state index contributed by atoms with van der Waals surface area (Å²) in [5, 5.41) is 0.164. The molecule has 1 rings (SSSR count). The van der Waals surface area contributed by atoms with Gasteiger partial charge in [0.25, 0.3) is 0 Å². The second-order valence-corrected chi connectivity index (χ2v) is 5.23. The third kappa shape index (κ3) is 3.77. The van der Waals surface area contributed by atoms with Crippen molar-refractivity contribution in [3.8, 4) is 0 Å². The van der Waals surface area contributed by atoms with Crippen molar-refractivity contribution in [2.45, 2.75) is 30.4 Å². The van der Waals surface area contributed by atoms with Gasteiger partial charge in [-0.15, -0.1) is 11.8 Å².